The molecular formula is C35H53N5O6S. The first-order chi connectivity index (χ1) is 22.0. The molecule has 2 aliphatic heterocycles. The van der Waals surface area contributed by atoms with E-state index in [0.717, 1.165) is 22.5 Å². The van der Waals surface area contributed by atoms with Crippen molar-refractivity contribution in [1.29, 1.82) is 0 Å². The summed E-state index contributed by atoms with van der Waals surface area (Å²) in [5, 5.41) is 16.9. The Balaban J connectivity index is 1.50. The molecule has 1 aromatic carbocycles. The average Bonchev–Trinajstić information content (AvgIpc) is 3.25. The number of alkyl carbamates (subject to hydrolysis) is 1. The number of carbonyl (C=O) groups excluding carboxylic acids is 2. The van der Waals surface area contributed by atoms with Gasteiger partial charge in [0.1, 0.15) is 17.4 Å². The van der Waals surface area contributed by atoms with Gasteiger partial charge in [0, 0.05) is 49.7 Å². The van der Waals surface area contributed by atoms with Crippen molar-refractivity contribution in [3.05, 3.63) is 65.0 Å². The van der Waals surface area contributed by atoms with Crippen molar-refractivity contribution in [2.24, 2.45) is 5.92 Å². The quantitative estimate of drug-likeness (QED) is 0.329. The molecular weight excluding hydrogens is 618 g/mol. The lowest BCUT2D eigenvalue weighted by atomic mass is 9.99. The summed E-state index contributed by atoms with van der Waals surface area (Å²) in [4.78, 5) is 35.6. The predicted molar refractivity (Wildman–Crippen MR) is 183 cm³/mol. The van der Waals surface area contributed by atoms with Gasteiger partial charge in [-0.1, -0.05) is 44.2 Å². The number of benzene rings is 1. The minimum absolute atomic E-state index is 0.0196. The van der Waals surface area contributed by atoms with E-state index in [1.54, 1.807) is 0 Å². The monoisotopic (exact) mass is 671 g/mol. The SMILES string of the molecule is Cc1cc(CN2CCN(C[C@@H](O)[C@H](Cc3ccccc3)NC(=O)O[C@@H]3CCS(=O)(=O)[C@@H]3C(C)C)[C@H](C(=O)NC(C)(C)C)C2)cc(C)n1. The summed E-state index contributed by atoms with van der Waals surface area (Å²) in [5.41, 5.74) is 3.52. The van der Waals surface area contributed by atoms with E-state index in [9.17, 15) is 23.1 Å². The molecule has 2 saturated heterocycles. The van der Waals surface area contributed by atoms with E-state index in [2.05, 4.69) is 32.7 Å². The number of nitrogens with zero attached hydrogens (tertiary/aromatic N) is 3. The molecule has 3 N–H and O–H groups in total. The Bertz CT molecular complexity index is 1460. The Morgan fingerprint density at radius 3 is 2.34 bits per heavy atom. The molecule has 2 fully saturated rings. The maximum Gasteiger partial charge on any atom is 0.407 e. The minimum atomic E-state index is -3.36. The summed E-state index contributed by atoms with van der Waals surface area (Å²) in [7, 11) is -3.36. The molecule has 47 heavy (non-hydrogen) atoms. The van der Waals surface area contributed by atoms with Crippen LogP contribution in [0.3, 0.4) is 0 Å². The van der Waals surface area contributed by atoms with Gasteiger partial charge in [-0.2, -0.15) is 0 Å². The number of pyridine rings is 1. The van der Waals surface area contributed by atoms with Crippen LogP contribution in [0.5, 0.6) is 0 Å². The highest BCUT2D eigenvalue weighted by Crippen LogP contribution is 2.29. The molecule has 2 aliphatic rings. The molecule has 3 heterocycles. The second kappa shape index (κ2) is 15.4. The smallest absolute Gasteiger partial charge is 0.407 e. The van der Waals surface area contributed by atoms with E-state index in [0.29, 0.717) is 32.6 Å². The van der Waals surface area contributed by atoms with Crippen molar-refractivity contribution in [3.8, 4) is 0 Å². The van der Waals surface area contributed by atoms with Crippen molar-refractivity contribution in [2.45, 2.75) is 103 Å². The molecule has 0 aliphatic carbocycles. The van der Waals surface area contributed by atoms with Crippen LogP contribution in [0, 0.1) is 19.8 Å². The number of hydrogen-bond donors (Lipinski definition) is 3. The first kappa shape index (κ1) is 36.8. The third-order valence-electron chi connectivity index (χ3n) is 8.79. The largest absolute Gasteiger partial charge is 0.445 e. The summed E-state index contributed by atoms with van der Waals surface area (Å²) in [5.74, 6) is -0.341. The van der Waals surface area contributed by atoms with Gasteiger partial charge in [0.25, 0.3) is 0 Å². The van der Waals surface area contributed by atoms with E-state index in [1.807, 2.05) is 83.7 Å². The van der Waals surface area contributed by atoms with E-state index in [-0.39, 0.29) is 30.5 Å². The first-order valence-corrected chi connectivity index (χ1v) is 18.4. The van der Waals surface area contributed by atoms with Crippen LogP contribution in [0.4, 0.5) is 4.79 Å². The van der Waals surface area contributed by atoms with Crippen LogP contribution in [0.2, 0.25) is 0 Å². The average molecular weight is 672 g/mol. The molecule has 11 nitrogen and oxygen atoms in total. The molecule has 2 aromatic rings. The topological polar surface area (TPSA) is 141 Å². The van der Waals surface area contributed by atoms with Gasteiger partial charge in [0.05, 0.1) is 17.9 Å². The zero-order chi connectivity index (χ0) is 34.5. The molecule has 12 heteroatoms. The maximum atomic E-state index is 13.7. The van der Waals surface area contributed by atoms with Crippen molar-refractivity contribution in [3.63, 3.8) is 0 Å². The van der Waals surface area contributed by atoms with Crippen LogP contribution in [0.25, 0.3) is 0 Å². The Morgan fingerprint density at radius 1 is 1.06 bits per heavy atom. The fraction of sp³-hybridized carbons (Fsp3) is 0.629. The summed E-state index contributed by atoms with van der Waals surface area (Å²) < 4.78 is 30.9. The Hall–Kier alpha value is -3.06. The highest BCUT2D eigenvalue weighted by atomic mass is 32.2. The van der Waals surface area contributed by atoms with Crippen LogP contribution in [-0.2, 0) is 32.3 Å². The standard InChI is InChI=1S/C35H53N5O6S/c1-23(2)32-31(13-16-47(32,44)45)46-34(43)37-28(19-26-11-9-8-10-12-26)30(41)22-40-15-14-39(20-27-17-24(3)36-25(4)18-27)21-29(40)33(42)38-35(5,6)7/h8-12,17-18,23,28-32,41H,13-16,19-22H2,1-7H3,(H,37,43)(H,38,42)/t28-,29-,30+,31+,32+/m0/s1. The fourth-order valence-electron chi connectivity index (χ4n) is 6.83. The second-order valence-electron chi connectivity index (χ2n) is 14.6. The van der Waals surface area contributed by atoms with Crippen LogP contribution < -0.4 is 10.6 Å². The third-order valence-corrected chi connectivity index (χ3v) is 11.3. The van der Waals surface area contributed by atoms with E-state index in [1.165, 1.54) is 0 Å². The van der Waals surface area contributed by atoms with Gasteiger partial charge in [-0.05, 0) is 76.6 Å². The van der Waals surface area contributed by atoms with Crippen molar-refractivity contribution < 1.29 is 27.9 Å². The number of hydrogen-bond acceptors (Lipinski definition) is 9. The normalized spacial score (nSPS) is 23.3. The summed E-state index contributed by atoms with van der Waals surface area (Å²) in [6.07, 6.45) is -1.97. The first-order valence-electron chi connectivity index (χ1n) is 16.6. The molecule has 1 aromatic heterocycles. The number of aliphatic hydroxyl groups excluding tert-OH is 1. The van der Waals surface area contributed by atoms with E-state index >= 15 is 0 Å². The van der Waals surface area contributed by atoms with Crippen molar-refractivity contribution >= 4 is 21.8 Å². The Labute approximate surface area is 280 Å². The molecule has 260 valence electrons. The third kappa shape index (κ3) is 10.5. The number of β-amino-alcohol motifs (C(OH)–C–C–N with tert-alkyl or cyclic N) is 1. The van der Waals surface area contributed by atoms with Crippen molar-refractivity contribution in [1.82, 2.24) is 25.4 Å². The lowest BCUT2D eigenvalue weighted by Gasteiger charge is -2.43. The number of rotatable bonds is 11. The predicted octanol–water partition coefficient (Wildman–Crippen LogP) is 3.01. The van der Waals surface area contributed by atoms with Gasteiger partial charge in [0.15, 0.2) is 9.84 Å². The Morgan fingerprint density at radius 2 is 1.72 bits per heavy atom. The second-order valence-corrected chi connectivity index (χ2v) is 16.8. The van der Waals surface area contributed by atoms with Crippen LogP contribution in [-0.4, -0.2) is 107 Å². The number of aliphatic hydroxyl groups is 1. The van der Waals surface area contributed by atoms with Crippen molar-refractivity contribution in [2.75, 3.05) is 31.9 Å². The zero-order valence-electron chi connectivity index (χ0n) is 28.9. The summed E-state index contributed by atoms with van der Waals surface area (Å²) in [6, 6.07) is 12.4. The van der Waals surface area contributed by atoms with Gasteiger partial charge in [-0.3, -0.25) is 19.6 Å². The number of amides is 2. The number of carbonyl (C=O) groups is 2. The highest BCUT2D eigenvalue weighted by Gasteiger charge is 2.45. The number of aromatic nitrogens is 1. The highest BCUT2D eigenvalue weighted by molar-refractivity contribution is 7.92. The lowest BCUT2D eigenvalue weighted by Crippen LogP contribution is -2.63. The van der Waals surface area contributed by atoms with Crippen LogP contribution in [0.15, 0.2) is 42.5 Å². The number of piperazine rings is 1. The maximum absolute atomic E-state index is 13.7. The lowest BCUT2D eigenvalue weighted by molar-refractivity contribution is -0.131. The molecule has 2 amide bonds. The zero-order valence-corrected chi connectivity index (χ0v) is 29.7. The molecule has 5 atom stereocenters. The molecule has 0 spiro atoms. The molecule has 0 bridgehead atoms. The van der Waals surface area contributed by atoms with Crippen LogP contribution in [0.1, 0.15) is 63.6 Å². The molecule has 0 saturated carbocycles. The summed E-state index contributed by atoms with van der Waals surface area (Å²) in [6.45, 7) is 15.9. The Kier molecular flexibility index (Phi) is 12.1. The van der Waals surface area contributed by atoms with Crippen LogP contribution >= 0.6 is 0 Å². The molecule has 4 rings (SSSR count). The molecule has 0 unspecified atom stereocenters. The van der Waals surface area contributed by atoms with Gasteiger partial charge >= 0.3 is 6.09 Å². The van der Waals surface area contributed by atoms with Gasteiger partial charge < -0.3 is 20.5 Å². The van der Waals surface area contributed by atoms with E-state index in [4.69, 9.17) is 4.74 Å². The molecule has 0 radical (unpaired) electrons. The minimum Gasteiger partial charge on any atom is -0.445 e. The van der Waals surface area contributed by atoms with Gasteiger partial charge in [-0.25, -0.2) is 13.2 Å². The van der Waals surface area contributed by atoms with E-state index < -0.39 is 51.0 Å². The number of ether oxygens (including phenoxy) is 1. The van der Waals surface area contributed by atoms with Gasteiger partial charge in [0.2, 0.25) is 5.91 Å². The van der Waals surface area contributed by atoms with Gasteiger partial charge in [-0.15, -0.1) is 0 Å². The number of sulfone groups is 1. The number of aryl methyl sites for hydroxylation is 2. The number of nitrogens with one attached hydrogen (secondary N) is 2. The summed E-state index contributed by atoms with van der Waals surface area (Å²) >= 11 is 0. The fourth-order valence-corrected chi connectivity index (χ4v) is 9.15.